The number of aryl methyl sites for hydroxylation is 2. The Labute approximate surface area is 181 Å². The molecule has 0 saturated heterocycles. The molecular formula is C24H29N3O2S. The van der Waals surface area contributed by atoms with Gasteiger partial charge in [-0.25, -0.2) is 4.98 Å². The van der Waals surface area contributed by atoms with Gasteiger partial charge in [-0.3, -0.25) is 14.2 Å². The van der Waals surface area contributed by atoms with E-state index in [0.29, 0.717) is 16.1 Å². The van der Waals surface area contributed by atoms with E-state index in [1.165, 1.54) is 11.8 Å². The summed E-state index contributed by atoms with van der Waals surface area (Å²) in [4.78, 5) is 30.5. The van der Waals surface area contributed by atoms with E-state index >= 15 is 0 Å². The topological polar surface area (TPSA) is 64.0 Å². The van der Waals surface area contributed by atoms with E-state index in [2.05, 4.69) is 19.2 Å². The van der Waals surface area contributed by atoms with E-state index in [9.17, 15) is 9.59 Å². The lowest BCUT2D eigenvalue weighted by atomic mass is 10.0. The van der Waals surface area contributed by atoms with Crippen molar-refractivity contribution in [2.24, 2.45) is 0 Å². The lowest BCUT2D eigenvalue weighted by Gasteiger charge is -2.18. The summed E-state index contributed by atoms with van der Waals surface area (Å²) in [7, 11) is 0. The van der Waals surface area contributed by atoms with Crippen molar-refractivity contribution in [3.8, 4) is 0 Å². The summed E-state index contributed by atoms with van der Waals surface area (Å²) in [5, 5.41) is 4.28. The van der Waals surface area contributed by atoms with Crippen LogP contribution in [0.5, 0.6) is 0 Å². The molecule has 0 fully saturated rings. The molecule has 0 unspecified atom stereocenters. The molecule has 1 atom stereocenters. The zero-order valence-electron chi connectivity index (χ0n) is 18.1. The SMILES string of the molecule is CCc1cccc(CC)c1NC(=O)CSc1nc2ccccc2c(=O)n1[C@H](C)CC. The molecule has 3 aromatic rings. The Bertz CT molecular complexity index is 1090. The quantitative estimate of drug-likeness (QED) is 0.398. The Kier molecular flexibility index (Phi) is 7.32. The van der Waals surface area contributed by atoms with Gasteiger partial charge in [0.05, 0.1) is 16.7 Å². The van der Waals surface area contributed by atoms with Gasteiger partial charge in [-0.1, -0.05) is 62.9 Å². The van der Waals surface area contributed by atoms with Gasteiger partial charge < -0.3 is 5.32 Å². The molecular weight excluding hydrogens is 394 g/mol. The minimum atomic E-state index is -0.0892. The average molecular weight is 424 g/mol. The molecule has 0 bridgehead atoms. The molecule has 3 rings (SSSR count). The van der Waals surface area contributed by atoms with Crippen LogP contribution in [0.25, 0.3) is 10.9 Å². The predicted molar refractivity (Wildman–Crippen MR) is 126 cm³/mol. The molecule has 0 radical (unpaired) electrons. The number of hydrogen-bond acceptors (Lipinski definition) is 4. The molecule has 158 valence electrons. The Morgan fingerprint density at radius 1 is 1.07 bits per heavy atom. The van der Waals surface area contributed by atoms with Gasteiger partial charge in [0.15, 0.2) is 5.16 Å². The third kappa shape index (κ3) is 4.59. The normalized spacial score (nSPS) is 12.1. The highest BCUT2D eigenvalue weighted by Crippen LogP contribution is 2.25. The molecule has 6 heteroatoms. The van der Waals surface area contributed by atoms with Crippen LogP contribution in [0.2, 0.25) is 0 Å². The van der Waals surface area contributed by atoms with E-state index in [-0.39, 0.29) is 23.3 Å². The summed E-state index contributed by atoms with van der Waals surface area (Å²) in [5.41, 5.74) is 3.79. The molecule has 1 heterocycles. The van der Waals surface area contributed by atoms with Crippen molar-refractivity contribution in [1.29, 1.82) is 0 Å². The highest BCUT2D eigenvalue weighted by Gasteiger charge is 2.17. The van der Waals surface area contributed by atoms with E-state index < -0.39 is 0 Å². The summed E-state index contributed by atoms with van der Waals surface area (Å²) < 4.78 is 1.72. The fraction of sp³-hybridized carbons (Fsp3) is 0.375. The fourth-order valence-electron chi connectivity index (χ4n) is 3.51. The second-order valence-electron chi connectivity index (χ2n) is 7.34. The summed E-state index contributed by atoms with van der Waals surface area (Å²) >= 11 is 1.31. The Balaban J connectivity index is 1.87. The number of para-hydroxylation sites is 2. The van der Waals surface area contributed by atoms with Gasteiger partial charge >= 0.3 is 0 Å². The molecule has 1 aromatic heterocycles. The smallest absolute Gasteiger partial charge is 0.262 e. The third-order valence-electron chi connectivity index (χ3n) is 5.40. The van der Waals surface area contributed by atoms with Gasteiger partial charge in [-0.15, -0.1) is 0 Å². The Morgan fingerprint density at radius 3 is 2.37 bits per heavy atom. The summed E-state index contributed by atoms with van der Waals surface area (Å²) in [6.45, 7) is 8.22. The molecule has 0 aliphatic heterocycles. The van der Waals surface area contributed by atoms with Crippen molar-refractivity contribution >= 4 is 34.3 Å². The van der Waals surface area contributed by atoms with Crippen LogP contribution in [0.1, 0.15) is 51.3 Å². The number of nitrogens with one attached hydrogen (secondary N) is 1. The molecule has 1 N–H and O–H groups in total. The number of hydrogen-bond donors (Lipinski definition) is 1. The number of amides is 1. The first-order chi connectivity index (χ1) is 14.5. The van der Waals surface area contributed by atoms with Crippen molar-refractivity contribution in [3.63, 3.8) is 0 Å². The van der Waals surface area contributed by atoms with Crippen LogP contribution < -0.4 is 10.9 Å². The Hall–Kier alpha value is -2.60. The van der Waals surface area contributed by atoms with Gasteiger partial charge in [-0.05, 0) is 49.4 Å². The largest absolute Gasteiger partial charge is 0.325 e. The highest BCUT2D eigenvalue weighted by atomic mass is 32.2. The molecule has 0 aliphatic rings. The van der Waals surface area contributed by atoms with E-state index in [1.54, 1.807) is 10.6 Å². The van der Waals surface area contributed by atoms with Crippen molar-refractivity contribution in [3.05, 3.63) is 63.9 Å². The standard InChI is InChI=1S/C24H29N3O2S/c1-5-16(4)27-23(29)19-13-8-9-14-20(19)25-24(27)30-15-21(28)26-22-17(6-2)11-10-12-18(22)7-3/h8-14,16H,5-7,15H2,1-4H3,(H,26,28)/t16-/m1/s1. The van der Waals surface area contributed by atoms with Crippen LogP contribution in [-0.2, 0) is 17.6 Å². The lowest BCUT2D eigenvalue weighted by molar-refractivity contribution is -0.113. The van der Waals surface area contributed by atoms with Crippen LogP contribution in [-0.4, -0.2) is 21.2 Å². The minimum Gasteiger partial charge on any atom is -0.325 e. The van der Waals surface area contributed by atoms with E-state index in [1.807, 2.05) is 50.2 Å². The zero-order chi connectivity index (χ0) is 21.7. The van der Waals surface area contributed by atoms with Crippen LogP contribution >= 0.6 is 11.8 Å². The van der Waals surface area contributed by atoms with Crippen molar-refractivity contribution in [2.45, 2.75) is 58.2 Å². The summed E-state index contributed by atoms with van der Waals surface area (Å²) in [5.74, 6) is 0.108. The van der Waals surface area contributed by atoms with E-state index in [0.717, 1.165) is 36.1 Å². The summed E-state index contributed by atoms with van der Waals surface area (Å²) in [6.07, 6.45) is 2.52. The second-order valence-corrected chi connectivity index (χ2v) is 8.28. The van der Waals surface area contributed by atoms with Crippen LogP contribution in [0.3, 0.4) is 0 Å². The van der Waals surface area contributed by atoms with Gasteiger partial charge in [0.25, 0.3) is 5.56 Å². The predicted octanol–water partition coefficient (Wildman–Crippen LogP) is 5.22. The van der Waals surface area contributed by atoms with Crippen molar-refractivity contribution < 1.29 is 4.79 Å². The highest BCUT2D eigenvalue weighted by molar-refractivity contribution is 7.99. The van der Waals surface area contributed by atoms with Crippen molar-refractivity contribution in [1.82, 2.24) is 9.55 Å². The zero-order valence-corrected chi connectivity index (χ0v) is 18.9. The number of nitrogens with zero attached hydrogens (tertiary/aromatic N) is 2. The maximum absolute atomic E-state index is 13.1. The van der Waals surface area contributed by atoms with Gasteiger partial charge in [-0.2, -0.15) is 0 Å². The number of aromatic nitrogens is 2. The number of thioether (sulfide) groups is 1. The number of carbonyl (C=O) groups is 1. The number of rotatable bonds is 8. The average Bonchev–Trinajstić information content (AvgIpc) is 2.77. The number of fused-ring (bicyclic) bond motifs is 1. The first-order valence-corrected chi connectivity index (χ1v) is 11.5. The van der Waals surface area contributed by atoms with Crippen LogP contribution in [0, 0.1) is 0 Å². The van der Waals surface area contributed by atoms with Gasteiger partial charge in [0.2, 0.25) is 5.91 Å². The summed E-state index contributed by atoms with van der Waals surface area (Å²) in [6, 6.07) is 13.5. The number of carbonyl (C=O) groups excluding carboxylic acids is 1. The van der Waals surface area contributed by atoms with Crippen LogP contribution in [0.15, 0.2) is 52.4 Å². The Morgan fingerprint density at radius 2 is 1.73 bits per heavy atom. The van der Waals surface area contributed by atoms with Gasteiger partial charge in [0.1, 0.15) is 0 Å². The van der Waals surface area contributed by atoms with E-state index in [4.69, 9.17) is 4.98 Å². The minimum absolute atomic E-state index is 0.00711. The van der Waals surface area contributed by atoms with Crippen LogP contribution in [0.4, 0.5) is 5.69 Å². The molecule has 0 saturated carbocycles. The molecule has 0 aliphatic carbocycles. The van der Waals surface area contributed by atoms with Gasteiger partial charge in [0, 0.05) is 11.7 Å². The molecule has 5 nitrogen and oxygen atoms in total. The van der Waals surface area contributed by atoms with Crippen molar-refractivity contribution in [2.75, 3.05) is 11.1 Å². The number of benzene rings is 2. The third-order valence-corrected chi connectivity index (χ3v) is 6.36. The monoisotopic (exact) mass is 423 g/mol. The molecule has 30 heavy (non-hydrogen) atoms. The molecule has 2 aromatic carbocycles. The fourth-order valence-corrected chi connectivity index (χ4v) is 4.40. The maximum Gasteiger partial charge on any atom is 0.262 e. The lowest BCUT2D eigenvalue weighted by Crippen LogP contribution is -2.26. The molecule has 0 spiro atoms. The second kappa shape index (κ2) is 9.94. The first kappa shape index (κ1) is 22.1. The molecule has 1 amide bonds. The maximum atomic E-state index is 13.1. The number of anilines is 1. The first-order valence-electron chi connectivity index (χ1n) is 10.5.